The molecular weight excluding hydrogens is 324 g/mol. The number of pyridine rings is 1. The molecule has 1 aliphatic heterocycles. The highest BCUT2D eigenvalue weighted by Crippen LogP contribution is 2.38. The molecule has 3 heterocycles. The van der Waals surface area contributed by atoms with E-state index in [1.54, 1.807) is 0 Å². The third kappa shape index (κ3) is 2.32. The minimum absolute atomic E-state index is 0.219. The van der Waals surface area contributed by atoms with Crippen LogP contribution in [0.15, 0.2) is 11.0 Å². The lowest BCUT2D eigenvalue weighted by molar-refractivity contribution is 0.0794. The second-order valence-electron chi connectivity index (χ2n) is 8.70. The Bertz CT molecular complexity index is 890. The van der Waals surface area contributed by atoms with E-state index < -0.39 is 0 Å². The van der Waals surface area contributed by atoms with Crippen LogP contribution in [-0.4, -0.2) is 31.8 Å². The number of aryl methyl sites for hydroxylation is 1. The highest BCUT2D eigenvalue weighted by molar-refractivity contribution is 5.81. The van der Waals surface area contributed by atoms with Gasteiger partial charge >= 0.3 is 0 Å². The van der Waals surface area contributed by atoms with Crippen molar-refractivity contribution in [2.45, 2.75) is 89.9 Å². The van der Waals surface area contributed by atoms with Gasteiger partial charge in [-0.05, 0) is 70.8 Å². The van der Waals surface area contributed by atoms with Crippen molar-refractivity contribution in [2.24, 2.45) is 0 Å². The van der Waals surface area contributed by atoms with Crippen molar-refractivity contribution < 1.29 is 0 Å². The van der Waals surface area contributed by atoms with Gasteiger partial charge in [0.15, 0.2) is 0 Å². The van der Waals surface area contributed by atoms with Crippen LogP contribution in [0.3, 0.4) is 0 Å². The van der Waals surface area contributed by atoms with Gasteiger partial charge in [-0.2, -0.15) is 5.10 Å². The Hall–Kier alpha value is -1.62. The number of hydrogen-bond donors (Lipinski definition) is 0. The molecule has 140 valence electrons. The van der Waals surface area contributed by atoms with E-state index in [1.165, 1.54) is 43.1 Å². The van der Waals surface area contributed by atoms with Crippen molar-refractivity contribution in [3.8, 4) is 0 Å². The van der Waals surface area contributed by atoms with Gasteiger partial charge in [0.2, 0.25) is 0 Å². The van der Waals surface area contributed by atoms with Crippen LogP contribution in [-0.2, 0) is 12.8 Å². The Balaban J connectivity index is 1.76. The Morgan fingerprint density at radius 2 is 1.81 bits per heavy atom. The van der Waals surface area contributed by atoms with Crippen LogP contribution < -0.4 is 5.56 Å². The van der Waals surface area contributed by atoms with Crippen molar-refractivity contribution in [3.05, 3.63) is 27.7 Å². The van der Waals surface area contributed by atoms with E-state index in [0.29, 0.717) is 6.04 Å². The van der Waals surface area contributed by atoms with E-state index in [2.05, 4.69) is 28.0 Å². The molecule has 5 rings (SSSR count). The molecule has 0 N–H and O–H groups in total. The van der Waals surface area contributed by atoms with Crippen LogP contribution in [0.25, 0.3) is 11.0 Å². The van der Waals surface area contributed by atoms with E-state index in [9.17, 15) is 4.79 Å². The highest BCUT2D eigenvalue weighted by Gasteiger charge is 2.37. The van der Waals surface area contributed by atoms with E-state index >= 15 is 0 Å². The number of hydrogen-bond acceptors (Lipinski definition) is 3. The maximum absolute atomic E-state index is 13.7. The number of likely N-dealkylation sites (tertiary alicyclic amines) is 1. The summed E-state index contributed by atoms with van der Waals surface area (Å²) in [5, 5.41) is 5.95. The Morgan fingerprint density at radius 1 is 1.04 bits per heavy atom. The summed E-state index contributed by atoms with van der Waals surface area (Å²) in [4.78, 5) is 16.3. The summed E-state index contributed by atoms with van der Waals surface area (Å²) in [7, 11) is 0. The lowest BCUT2D eigenvalue weighted by atomic mass is 9.90. The predicted molar refractivity (Wildman–Crippen MR) is 104 cm³/mol. The lowest BCUT2D eigenvalue weighted by Crippen LogP contribution is -2.44. The minimum Gasteiger partial charge on any atom is -0.280 e. The molecule has 0 bridgehead atoms. The first kappa shape index (κ1) is 16.5. The van der Waals surface area contributed by atoms with Crippen LogP contribution >= 0.6 is 0 Å². The Labute approximate surface area is 155 Å². The van der Waals surface area contributed by atoms with Gasteiger partial charge in [-0.15, -0.1) is 0 Å². The zero-order chi connectivity index (χ0) is 17.8. The first-order valence-electron chi connectivity index (χ1n) is 10.6. The Morgan fingerprint density at radius 3 is 2.50 bits per heavy atom. The van der Waals surface area contributed by atoms with Gasteiger partial charge in [0.05, 0.1) is 12.4 Å². The zero-order valence-electron chi connectivity index (χ0n) is 16.1. The van der Waals surface area contributed by atoms with Gasteiger partial charge in [0.1, 0.15) is 5.65 Å². The number of fused-ring (bicyclic) bond motifs is 3. The molecule has 26 heavy (non-hydrogen) atoms. The van der Waals surface area contributed by atoms with Crippen molar-refractivity contribution in [3.63, 3.8) is 0 Å². The summed E-state index contributed by atoms with van der Waals surface area (Å²) in [5.41, 5.74) is 3.70. The Kier molecular flexibility index (Phi) is 3.96. The molecular formula is C21H30N4O. The molecule has 2 aromatic heterocycles. The topological polar surface area (TPSA) is 43.1 Å². The monoisotopic (exact) mass is 354 g/mol. The largest absolute Gasteiger partial charge is 0.280 e. The van der Waals surface area contributed by atoms with Crippen LogP contribution in [0.5, 0.6) is 0 Å². The van der Waals surface area contributed by atoms with Gasteiger partial charge in [0, 0.05) is 29.6 Å². The highest BCUT2D eigenvalue weighted by atomic mass is 16.1. The lowest BCUT2D eigenvalue weighted by Gasteiger charge is -2.39. The SMILES string of the molecule is CC(C)n1ncc2c3c(c(=O)n(C4CCCN4C4CCC4)c21)CCCC3. The van der Waals surface area contributed by atoms with Crippen LogP contribution in [0.2, 0.25) is 0 Å². The smallest absolute Gasteiger partial charge is 0.257 e. The summed E-state index contributed by atoms with van der Waals surface area (Å²) in [6.07, 6.45) is 12.8. The van der Waals surface area contributed by atoms with E-state index in [0.717, 1.165) is 43.4 Å². The van der Waals surface area contributed by atoms with Gasteiger partial charge < -0.3 is 0 Å². The van der Waals surface area contributed by atoms with Gasteiger partial charge in [-0.25, -0.2) is 4.68 Å². The maximum atomic E-state index is 13.7. The normalized spacial score (nSPS) is 24.3. The third-order valence-corrected chi connectivity index (χ3v) is 6.86. The molecule has 1 saturated heterocycles. The molecule has 1 atom stereocenters. The quantitative estimate of drug-likeness (QED) is 0.842. The standard InChI is InChI=1S/C21H30N4O/c1-14(2)25-20-18(13-22-25)16-9-3-4-10-17(16)21(26)24(20)19-11-6-12-23(19)15-7-5-8-15/h13-15,19H,3-12H2,1-2H3. The minimum atomic E-state index is 0.219. The second-order valence-corrected chi connectivity index (χ2v) is 8.70. The molecule has 0 aromatic carbocycles. The molecule has 0 radical (unpaired) electrons. The molecule has 0 spiro atoms. The van der Waals surface area contributed by atoms with Gasteiger partial charge in [-0.1, -0.05) is 6.42 Å². The summed E-state index contributed by atoms with van der Waals surface area (Å²) >= 11 is 0. The fourth-order valence-corrected chi connectivity index (χ4v) is 5.34. The molecule has 2 fully saturated rings. The molecule has 0 amide bonds. The average Bonchev–Trinajstić information content (AvgIpc) is 3.22. The van der Waals surface area contributed by atoms with Crippen LogP contribution in [0.1, 0.15) is 82.1 Å². The first-order chi connectivity index (χ1) is 12.7. The third-order valence-electron chi connectivity index (χ3n) is 6.86. The number of nitrogens with zero attached hydrogens (tertiary/aromatic N) is 4. The van der Waals surface area contributed by atoms with Crippen LogP contribution in [0.4, 0.5) is 0 Å². The van der Waals surface area contributed by atoms with Crippen LogP contribution in [0, 0.1) is 0 Å². The molecule has 3 aliphatic rings. The summed E-state index contributed by atoms with van der Waals surface area (Å²) in [6.45, 7) is 5.47. The van der Waals surface area contributed by atoms with E-state index in [1.807, 2.05) is 6.20 Å². The molecule has 5 nitrogen and oxygen atoms in total. The van der Waals surface area contributed by atoms with Crippen molar-refractivity contribution in [1.29, 1.82) is 0 Å². The van der Waals surface area contributed by atoms with Crippen molar-refractivity contribution in [2.75, 3.05) is 6.54 Å². The molecule has 1 unspecified atom stereocenters. The predicted octanol–water partition coefficient (Wildman–Crippen LogP) is 3.80. The fraction of sp³-hybridized carbons (Fsp3) is 0.714. The van der Waals surface area contributed by atoms with Crippen molar-refractivity contribution >= 4 is 11.0 Å². The summed E-state index contributed by atoms with van der Waals surface area (Å²) in [5.74, 6) is 0. The maximum Gasteiger partial charge on any atom is 0.257 e. The zero-order valence-corrected chi connectivity index (χ0v) is 16.1. The first-order valence-corrected chi connectivity index (χ1v) is 10.6. The van der Waals surface area contributed by atoms with Crippen molar-refractivity contribution in [1.82, 2.24) is 19.2 Å². The van der Waals surface area contributed by atoms with E-state index in [4.69, 9.17) is 5.10 Å². The number of rotatable bonds is 3. The molecule has 2 aromatic rings. The fourth-order valence-electron chi connectivity index (χ4n) is 5.34. The summed E-state index contributed by atoms with van der Waals surface area (Å²) < 4.78 is 4.24. The molecule has 2 aliphatic carbocycles. The summed E-state index contributed by atoms with van der Waals surface area (Å²) in [6, 6.07) is 0.939. The second kappa shape index (κ2) is 6.22. The van der Waals surface area contributed by atoms with Gasteiger partial charge in [0.25, 0.3) is 5.56 Å². The number of aromatic nitrogens is 3. The van der Waals surface area contributed by atoms with Gasteiger partial charge in [-0.3, -0.25) is 14.3 Å². The molecule has 5 heteroatoms. The van der Waals surface area contributed by atoms with E-state index in [-0.39, 0.29) is 17.8 Å². The molecule has 1 saturated carbocycles. The average molecular weight is 354 g/mol.